The molecule has 5 nitrogen and oxygen atoms in total. The fourth-order valence-corrected chi connectivity index (χ4v) is 2.81. The Hall–Kier alpha value is -3.17. The summed E-state index contributed by atoms with van der Waals surface area (Å²) in [5.74, 6) is -0.178. The Labute approximate surface area is 160 Å². The van der Waals surface area contributed by atoms with Crippen LogP contribution in [-0.4, -0.2) is 10.2 Å². The summed E-state index contributed by atoms with van der Waals surface area (Å²) >= 11 is 5.99. The van der Waals surface area contributed by atoms with E-state index in [0.29, 0.717) is 33.1 Å². The normalized spacial score (nSPS) is 10.5. The Kier molecular flexibility index (Phi) is 5.24. The van der Waals surface area contributed by atoms with Gasteiger partial charge in [-0.1, -0.05) is 23.7 Å². The second kappa shape index (κ2) is 7.60. The molecule has 0 aliphatic carbocycles. The van der Waals surface area contributed by atoms with Crippen LogP contribution in [0, 0.1) is 26.2 Å². The maximum atomic E-state index is 15.0. The van der Waals surface area contributed by atoms with Gasteiger partial charge in [0.15, 0.2) is 17.3 Å². The van der Waals surface area contributed by atoms with Gasteiger partial charge < -0.3 is 4.74 Å². The lowest BCUT2D eigenvalue weighted by Gasteiger charge is -2.13. The fourth-order valence-electron chi connectivity index (χ4n) is 2.59. The van der Waals surface area contributed by atoms with Crippen LogP contribution in [-0.2, 0) is 6.42 Å². The van der Waals surface area contributed by atoms with E-state index in [1.807, 2.05) is 0 Å². The number of aromatic nitrogens is 2. The number of hydrogen-bond donors (Lipinski definition) is 1. The summed E-state index contributed by atoms with van der Waals surface area (Å²) in [5, 5.41) is 6.67. The number of rotatable bonds is 4. The van der Waals surface area contributed by atoms with Crippen molar-refractivity contribution in [3.05, 3.63) is 91.4 Å². The van der Waals surface area contributed by atoms with E-state index < -0.39 is 5.82 Å². The molecule has 0 radical (unpaired) electrons. The molecule has 3 rings (SSSR count). The molecule has 0 atom stereocenters. The lowest BCUT2D eigenvalue weighted by Crippen LogP contribution is -2.13. The Morgan fingerprint density at radius 3 is 2.70 bits per heavy atom. The molecule has 0 aliphatic heterocycles. The summed E-state index contributed by atoms with van der Waals surface area (Å²) in [7, 11) is 0. The van der Waals surface area contributed by atoms with Crippen molar-refractivity contribution in [2.45, 2.75) is 20.3 Å². The number of nitrogens with one attached hydrogen (secondary N) is 1. The van der Waals surface area contributed by atoms with Gasteiger partial charge in [0.25, 0.3) is 5.56 Å². The Morgan fingerprint density at radius 1 is 1.22 bits per heavy atom. The molecule has 2 aromatic carbocycles. The minimum absolute atomic E-state index is 0.0619. The van der Waals surface area contributed by atoms with E-state index in [9.17, 15) is 4.79 Å². The number of hydrogen-bond acceptors (Lipinski definition) is 3. The molecule has 27 heavy (non-hydrogen) atoms. The molecule has 0 spiro atoms. The monoisotopic (exact) mass is 383 g/mol. The van der Waals surface area contributed by atoms with Crippen molar-refractivity contribution in [1.82, 2.24) is 10.2 Å². The van der Waals surface area contributed by atoms with Crippen LogP contribution < -0.4 is 10.3 Å². The van der Waals surface area contributed by atoms with Crippen LogP contribution in [0.25, 0.3) is 4.85 Å². The van der Waals surface area contributed by atoms with Gasteiger partial charge >= 0.3 is 0 Å². The topological polar surface area (TPSA) is 59.3 Å². The lowest BCUT2D eigenvalue weighted by atomic mass is 10.0. The van der Waals surface area contributed by atoms with Gasteiger partial charge in [-0.3, -0.25) is 4.79 Å². The van der Waals surface area contributed by atoms with Crippen molar-refractivity contribution >= 4 is 17.3 Å². The van der Waals surface area contributed by atoms with E-state index in [1.165, 1.54) is 18.2 Å². The van der Waals surface area contributed by atoms with E-state index in [2.05, 4.69) is 15.0 Å². The number of aromatic amines is 1. The number of nitrogens with zero attached hydrogens (tertiary/aromatic N) is 2. The first-order valence-corrected chi connectivity index (χ1v) is 8.44. The zero-order valence-corrected chi connectivity index (χ0v) is 15.4. The molecule has 0 bridgehead atoms. The van der Waals surface area contributed by atoms with Gasteiger partial charge in [-0.2, -0.15) is 5.10 Å². The third-order valence-electron chi connectivity index (χ3n) is 3.99. The van der Waals surface area contributed by atoms with Gasteiger partial charge in [0.1, 0.15) is 5.75 Å². The van der Waals surface area contributed by atoms with Gasteiger partial charge in [0.05, 0.1) is 12.3 Å². The van der Waals surface area contributed by atoms with Crippen LogP contribution in [0.3, 0.4) is 0 Å². The maximum absolute atomic E-state index is 15.0. The van der Waals surface area contributed by atoms with Crippen molar-refractivity contribution in [2.75, 3.05) is 0 Å². The van der Waals surface area contributed by atoms with Crippen molar-refractivity contribution in [3.8, 4) is 11.5 Å². The number of ether oxygens (including phenoxy) is 1. The average molecular weight is 384 g/mol. The van der Waals surface area contributed by atoms with Crippen molar-refractivity contribution in [3.63, 3.8) is 0 Å². The molecule has 0 saturated carbocycles. The molecule has 136 valence electrons. The molecule has 1 heterocycles. The van der Waals surface area contributed by atoms with Crippen LogP contribution in [0.5, 0.6) is 11.5 Å². The van der Waals surface area contributed by atoms with Crippen LogP contribution in [0.15, 0.2) is 41.2 Å². The molecule has 1 N–H and O–H groups in total. The van der Waals surface area contributed by atoms with Crippen LogP contribution in [0.4, 0.5) is 10.1 Å². The molecule has 0 fully saturated rings. The second-order valence-electron chi connectivity index (χ2n) is 6.09. The molecule has 0 saturated heterocycles. The predicted molar refractivity (Wildman–Crippen MR) is 101 cm³/mol. The summed E-state index contributed by atoms with van der Waals surface area (Å²) in [6.07, 6.45) is 0.197. The molecule has 7 heteroatoms. The molecular weight excluding hydrogens is 369 g/mol. The van der Waals surface area contributed by atoms with E-state index in [1.54, 1.807) is 32.0 Å². The fraction of sp³-hybridized carbons (Fsp3) is 0.150. The minimum Gasteiger partial charge on any atom is -0.455 e. The highest BCUT2D eigenvalue weighted by Crippen LogP contribution is 2.34. The molecule has 3 aromatic rings. The van der Waals surface area contributed by atoms with E-state index in [0.717, 1.165) is 0 Å². The molecule has 0 unspecified atom stereocenters. The molecule has 0 amide bonds. The summed E-state index contributed by atoms with van der Waals surface area (Å²) < 4.78 is 20.8. The van der Waals surface area contributed by atoms with Gasteiger partial charge in [0, 0.05) is 17.0 Å². The number of aryl methyl sites for hydroxylation is 2. The number of halogens is 2. The number of H-pyrrole nitrogens is 1. The quantitative estimate of drug-likeness (QED) is 0.636. The summed E-state index contributed by atoms with van der Waals surface area (Å²) in [4.78, 5) is 14.8. The Bertz CT molecular complexity index is 1120. The van der Waals surface area contributed by atoms with Crippen molar-refractivity contribution < 1.29 is 9.13 Å². The zero-order chi connectivity index (χ0) is 19.6. The lowest BCUT2D eigenvalue weighted by molar-refractivity contribution is 0.435. The van der Waals surface area contributed by atoms with Gasteiger partial charge in [-0.05, 0) is 49.2 Å². The summed E-state index contributed by atoms with van der Waals surface area (Å²) in [6.45, 7) is 10.5. The predicted octanol–water partition coefficient (Wildman–Crippen LogP) is 5.11. The third kappa shape index (κ3) is 4.15. The Balaban J connectivity index is 1.96. The van der Waals surface area contributed by atoms with Crippen molar-refractivity contribution in [2.24, 2.45) is 0 Å². The van der Waals surface area contributed by atoms with E-state index >= 15 is 4.39 Å². The standard InChI is InChI=1S/C20H15ClFN3O2/c1-11-4-5-13(7-16-6-12(2)20(26)25-24-16)18(22)19(11)27-17-9-14(21)8-15(10-17)23-3/h4-6,8-10H,7H2,1-2H3,(H,25,26). The summed E-state index contributed by atoms with van der Waals surface area (Å²) in [5.41, 5.74) is 2.06. The van der Waals surface area contributed by atoms with Crippen LogP contribution >= 0.6 is 11.6 Å². The first-order valence-electron chi connectivity index (χ1n) is 8.06. The maximum Gasteiger partial charge on any atom is 0.267 e. The largest absolute Gasteiger partial charge is 0.455 e. The third-order valence-corrected chi connectivity index (χ3v) is 4.21. The highest BCUT2D eigenvalue weighted by molar-refractivity contribution is 6.31. The van der Waals surface area contributed by atoms with Crippen LogP contribution in [0.1, 0.15) is 22.4 Å². The minimum atomic E-state index is -0.523. The van der Waals surface area contributed by atoms with E-state index in [-0.39, 0.29) is 23.5 Å². The Morgan fingerprint density at radius 2 is 2.00 bits per heavy atom. The SMILES string of the molecule is [C-]#[N+]c1cc(Cl)cc(Oc2c(C)ccc(Cc3cc(C)c(=O)[nH]n3)c2F)c1. The van der Waals surface area contributed by atoms with E-state index in [4.69, 9.17) is 22.9 Å². The molecule has 0 aliphatic rings. The van der Waals surface area contributed by atoms with Gasteiger partial charge in [-0.15, -0.1) is 0 Å². The average Bonchev–Trinajstić information content (AvgIpc) is 2.63. The van der Waals surface area contributed by atoms with Gasteiger partial charge in [-0.25, -0.2) is 14.3 Å². The number of benzene rings is 2. The van der Waals surface area contributed by atoms with Crippen molar-refractivity contribution in [1.29, 1.82) is 0 Å². The smallest absolute Gasteiger partial charge is 0.267 e. The van der Waals surface area contributed by atoms with Crippen LogP contribution in [0.2, 0.25) is 5.02 Å². The molecule has 1 aromatic heterocycles. The first-order chi connectivity index (χ1) is 12.9. The highest BCUT2D eigenvalue weighted by atomic mass is 35.5. The molecular formula is C20H15ClFN3O2. The first kappa shape index (κ1) is 18.6. The van der Waals surface area contributed by atoms with Gasteiger partial charge in [0.2, 0.25) is 0 Å². The highest BCUT2D eigenvalue weighted by Gasteiger charge is 2.15. The zero-order valence-electron chi connectivity index (χ0n) is 14.6. The second-order valence-corrected chi connectivity index (χ2v) is 6.53. The summed E-state index contributed by atoms with van der Waals surface area (Å²) in [6, 6.07) is 9.55.